The third-order valence-electron chi connectivity index (χ3n) is 4.18. The summed E-state index contributed by atoms with van der Waals surface area (Å²) in [6.45, 7) is 0.967. The molecule has 2 heterocycles. The Morgan fingerprint density at radius 3 is 2.92 bits per heavy atom. The molecule has 0 aliphatic carbocycles. The summed E-state index contributed by atoms with van der Waals surface area (Å²) >= 11 is 0. The first-order valence-electron chi connectivity index (χ1n) is 7.79. The number of carbonyl (C=O) groups excluding carboxylic acids is 1. The van der Waals surface area contributed by atoms with Crippen LogP contribution in [0.2, 0.25) is 0 Å². The van der Waals surface area contributed by atoms with Gasteiger partial charge in [-0.2, -0.15) is 0 Å². The number of amides is 1. The number of allylic oxidation sites excluding steroid dienone is 1. The highest BCUT2D eigenvalue weighted by atomic mass is 19.1. The van der Waals surface area contributed by atoms with Gasteiger partial charge >= 0.3 is 6.09 Å². The number of nitrogens with two attached hydrogens (primary N) is 1. The van der Waals surface area contributed by atoms with E-state index in [1.165, 1.54) is 11.0 Å². The highest BCUT2D eigenvalue weighted by Gasteiger charge is 2.32. The molecule has 2 aliphatic heterocycles. The van der Waals surface area contributed by atoms with Gasteiger partial charge in [0.1, 0.15) is 11.9 Å². The number of halogens is 1. The smallest absolute Gasteiger partial charge is 0.414 e. The highest BCUT2D eigenvalue weighted by Crippen LogP contribution is 2.30. The Morgan fingerprint density at radius 2 is 2.25 bits per heavy atom. The average Bonchev–Trinajstić information content (AvgIpc) is 2.89. The van der Waals surface area contributed by atoms with Gasteiger partial charge in [0.25, 0.3) is 0 Å². The molecule has 1 saturated heterocycles. The molecule has 6 nitrogen and oxygen atoms in total. The maximum absolute atomic E-state index is 14.6. The van der Waals surface area contributed by atoms with Crippen molar-refractivity contribution < 1.29 is 13.9 Å². The number of anilines is 1. The Labute approximate surface area is 140 Å². The second-order valence-electron chi connectivity index (χ2n) is 5.98. The van der Waals surface area contributed by atoms with E-state index in [9.17, 15) is 9.18 Å². The molecule has 7 heteroatoms. The van der Waals surface area contributed by atoms with Crippen LogP contribution in [0.3, 0.4) is 0 Å². The topological polar surface area (TPSA) is 70.8 Å². The summed E-state index contributed by atoms with van der Waals surface area (Å²) in [5, 5.41) is 2.97. The van der Waals surface area contributed by atoms with Gasteiger partial charge in [0.05, 0.1) is 18.3 Å². The SMILES string of the molecule is CNCC1CN(c2ccc(C3C=CC(N)=CN3C)c(F)c2)C(=O)O1. The summed E-state index contributed by atoms with van der Waals surface area (Å²) in [5.74, 6) is -0.368. The molecule has 1 amide bonds. The first kappa shape index (κ1) is 16.3. The van der Waals surface area contributed by atoms with Crippen molar-refractivity contribution in [3.63, 3.8) is 0 Å². The van der Waals surface area contributed by atoms with Crippen molar-refractivity contribution in [2.24, 2.45) is 5.73 Å². The monoisotopic (exact) mass is 332 g/mol. The Balaban J connectivity index is 1.81. The fourth-order valence-electron chi connectivity index (χ4n) is 3.01. The summed E-state index contributed by atoms with van der Waals surface area (Å²) in [5.41, 5.74) is 7.39. The van der Waals surface area contributed by atoms with Crippen LogP contribution in [-0.4, -0.2) is 44.3 Å². The zero-order chi connectivity index (χ0) is 17.3. The number of benzene rings is 1. The maximum Gasteiger partial charge on any atom is 0.414 e. The van der Waals surface area contributed by atoms with Gasteiger partial charge in [0.2, 0.25) is 0 Å². The van der Waals surface area contributed by atoms with Gasteiger partial charge in [-0.1, -0.05) is 12.1 Å². The molecule has 1 fully saturated rings. The minimum atomic E-state index is -0.451. The lowest BCUT2D eigenvalue weighted by Crippen LogP contribution is -2.29. The molecule has 0 spiro atoms. The van der Waals surface area contributed by atoms with Gasteiger partial charge in [-0.15, -0.1) is 0 Å². The fraction of sp³-hybridized carbons (Fsp3) is 0.353. The normalized spacial score (nSPS) is 23.5. The first-order chi connectivity index (χ1) is 11.5. The first-order valence-corrected chi connectivity index (χ1v) is 7.79. The quantitative estimate of drug-likeness (QED) is 0.878. The van der Waals surface area contributed by atoms with Crippen molar-refractivity contribution >= 4 is 11.8 Å². The largest absolute Gasteiger partial charge is 0.443 e. The third kappa shape index (κ3) is 3.07. The maximum atomic E-state index is 14.6. The highest BCUT2D eigenvalue weighted by molar-refractivity contribution is 5.89. The Morgan fingerprint density at radius 1 is 1.46 bits per heavy atom. The number of nitrogens with one attached hydrogen (secondary N) is 1. The van der Waals surface area contributed by atoms with E-state index in [0.717, 1.165) is 0 Å². The molecule has 0 radical (unpaired) electrons. The van der Waals surface area contributed by atoms with Gasteiger partial charge in [-0.3, -0.25) is 4.90 Å². The lowest BCUT2D eigenvalue weighted by molar-refractivity contribution is 0.141. The number of cyclic esters (lactones) is 1. The Bertz CT molecular complexity index is 704. The predicted octanol–water partition coefficient (Wildman–Crippen LogP) is 1.71. The van der Waals surface area contributed by atoms with Crippen LogP contribution in [-0.2, 0) is 4.74 Å². The second-order valence-corrected chi connectivity index (χ2v) is 5.98. The number of nitrogens with zero attached hydrogens (tertiary/aromatic N) is 2. The van der Waals surface area contributed by atoms with E-state index in [-0.39, 0.29) is 18.0 Å². The van der Waals surface area contributed by atoms with E-state index in [1.54, 1.807) is 31.5 Å². The number of carbonyl (C=O) groups is 1. The van der Waals surface area contributed by atoms with Crippen LogP contribution in [0.15, 0.2) is 42.2 Å². The molecule has 0 bridgehead atoms. The molecule has 128 valence electrons. The average molecular weight is 332 g/mol. The molecule has 1 aromatic carbocycles. The van der Waals surface area contributed by atoms with E-state index in [4.69, 9.17) is 10.5 Å². The van der Waals surface area contributed by atoms with Gasteiger partial charge in [0.15, 0.2) is 0 Å². The van der Waals surface area contributed by atoms with Gasteiger partial charge < -0.3 is 20.7 Å². The van der Waals surface area contributed by atoms with Gasteiger partial charge in [0, 0.05) is 31.1 Å². The van der Waals surface area contributed by atoms with Crippen molar-refractivity contribution in [2.45, 2.75) is 12.1 Å². The second kappa shape index (κ2) is 6.52. The fourth-order valence-corrected chi connectivity index (χ4v) is 3.01. The minimum Gasteiger partial charge on any atom is -0.443 e. The Hall–Kier alpha value is -2.54. The standard InChI is InChI=1S/C17H21FN4O2/c1-20-8-13-10-22(17(23)24-13)12-4-5-14(15(18)7-12)16-6-3-11(19)9-21(16)2/h3-7,9,13,16,20H,8,10,19H2,1-2H3. The number of ether oxygens (including phenoxy) is 1. The van der Waals surface area contributed by atoms with Crippen LogP contribution >= 0.6 is 0 Å². The van der Waals surface area contributed by atoms with E-state index < -0.39 is 6.09 Å². The van der Waals surface area contributed by atoms with Crippen LogP contribution < -0.4 is 16.0 Å². The van der Waals surface area contributed by atoms with E-state index in [0.29, 0.717) is 30.0 Å². The molecule has 3 N–H and O–H groups in total. The molecular formula is C17H21FN4O2. The third-order valence-corrected chi connectivity index (χ3v) is 4.18. The minimum absolute atomic E-state index is 0.228. The van der Waals surface area contributed by atoms with Crippen LogP contribution in [0.4, 0.5) is 14.9 Å². The lowest BCUT2D eigenvalue weighted by Gasteiger charge is -2.28. The zero-order valence-electron chi connectivity index (χ0n) is 13.7. The van der Waals surface area contributed by atoms with E-state index in [2.05, 4.69) is 5.32 Å². The molecule has 24 heavy (non-hydrogen) atoms. The number of rotatable bonds is 4. The number of hydrogen-bond acceptors (Lipinski definition) is 5. The molecule has 2 unspecified atom stereocenters. The van der Waals surface area contributed by atoms with Crippen LogP contribution in [0.5, 0.6) is 0 Å². The van der Waals surface area contributed by atoms with Crippen molar-refractivity contribution in [3.8, 4) is 0 Å². The molecule has 0 saturated carbocycles. The molecule has 1 aromatic rings. The summed E-state index contributed by atoms with van der Waals surface area (Å²) in [6.07, 6.45) is 4.69. The van der Waals surface area contributed by atoms with Gasteiger partial charge in [-0.05, 0) is 25.3 Å². The summed E-state index contributed by atoms with van der Waals surface area (Å²) < 4.78 is 19.9. The summed E-state index contributed by atoms with van der Waals surface area (Å²) in [4.78, 5) is 15.3. The van der Waals surface area contributed by atoms with Crippen LogP contribution in [0.25, 0.3) is 0 Å². The molecule has 2 atom stereocenters. The van der Waals surface area contributed by atoms with Crippen molar-refractivity contribution in [2.75, 3.05) is 32.1 Å². The van der Waals surface area contributed by atoms with Gasteiger partial charge in [-0.25, -0.2) is 9.18 Å². The van der Waals surface area contributed by atoms with Crippen molar-refractivity contribution in [3.05, 3.63) is 53.6 Å². The molecule has 3 rings (SSSR count). The molecular weight excluding hydrogens is 311 g/mol. The lowest BCUT2D eigenvalue weighted by atomic mass is 10.0. The number of hydrogen-bond donors (Lipinski definition) is 2. The Kier molecular flexibility index (Phi) is 4.44. The predicted molar refractivity (Wildman–Crippen MR) is 89.9 cm³/mol. The summed E-state index contributed by atoms with van der Waals surface area (Å²) in [6, 6.07) is 4.59. The van der Waals surface area contributed by atoms with E-state index in [1.807, 2.05) is 18.0 Å². The van der Waals surface area contributed by atoms with E-state index >= 15 is 0 Å². The molecule has 2 aliphatic rings. The number of likely N-dealkylation sites (N-methyl/N-ethyl adjacent to an activating group) is 2. The zero-order valence-corrected chi connectivity index (χ0v) is 13.7. The molecule has 0 aromatic heterocycles. The van der Waals surface area contributed by atoms with Crippen LogP contribution in [0, 0.1) is 5.82 Å². The van der Waals surface area contributed by atoms with Crippen molar-refractivity contribution in [1.82, 2.24) is 10.2 Å². The van der Waals surface area contributed by atoms with Crippen molar-refractivity contribution in [1.29, 1.82) is 0 Å². The van der Waals surface area contributed by atoms with Crippen LogP contribution in [0.1, 0.15) is 11.6 Å². The summed E-state index contributed by atoms with van der Waals surface area (Å²) in [7, 11) is 3.63.